The van der Waals surface area contributed by atoms with Crippen molar-refractivity contribution in [2.45, 2.75) is 82.7 Å². The molecular formula is C76H65Cl2Cu3N20O30PS7. The van der Waals surface area contributed by atoms with Crippen molar-refractivity contribution in [2.24, 2.45) is 30.7 Å². The number of nitrogens with zero attached hydrogens (tertiary/aromatic N) is 15. The van der Waals surface area contributed by atoms with Crippen LogP contribution in [-0.4, -0.2) is 176 Å². The second-order valence-electron chi connectivity index (χ2n) is 28.6. The van der Waals surface area contributed by atoms with Gasteiger partial charge in [0, 0.05) is 78.7 Å². The Kier molecular flexibility index (Phi) is 33.5. The molecule has 20 N–H and O–H groups in total. The Balaban J connectivity index is 0.000000233. The van der Waals surface area contributed by atoms with E-state index in [0.717, 1.165) is 91.0 Å². The summed E-state index contributed by atoms with van der Waals surface area (Å²) in [4.78, 5) is 52.5. The minimum absolute atomic E-state index is 0. The molecule has 0 aliphatic rings. The van der Waals surface area contributed by atoms with E-state index in [4.69, 9.17) is 23.2 Å². The van der Waals surface area contributed by atoms with Gasteiger partial charge in [-0.15, -0.1) is 30.7 Å². The summed E-state index contributed by atoms with van der Waals surface area (Å²) in [6.07, 6.45) is 0. The third kappa shape index (κ3) is 26.7. The van der Waals surface area contributed by atoms with Gasteiger partial charge in [-0.3, -0.25) is 36.4 Å². The number of hydrogen-bond acceptors (Lipinski definition) is 41. The molecule has 0 aliphatic heterocycles. The summed E-state index contributed by atoms with van der Waals surface area (Å²) in [7, 11) is -37.4. The van der Waals surface area contributed by atoms with Gasteiger partial charge in [-0.2, -0.15) is 98.8 Å². The second kappa shape index (κ2) is 42.3. The van der Waals surface area contributed by atoms with Crippen molar-refractivity contribution in [1.29, 1.82) is 0 Å². The van der Waals surface area contributed by atoms with Crippen LogP contribution >= 0.6 is 30.8 Å². The number of fused-ring (bicyclic) bond motifs is 3. The fourth-order valence-corrected chi connectivity index (χ4v) is 17.4. The molecule has 0 aliphatic carbocycles. The number of aromatic hydroxyl groups is 6. The van der Waals surface area contributed by atoms with Crippen LogP contribution in [0, 0.1) is 48.5 Å². The van der Waals surface area contributed by atoms with Gasteiger partial charge in [0.15, 0.2) is 28.7 Å². The zero-order valence-electron chi connectivity index (χ0n) is 70.4. The molecule has 3 radical (unpaired) electrons. The molecule has 0 spiro atoms. The largest absolute Gasteiger partial charge is 0.506 e. The number of nitrogens with one attached hydrogen (secondary N) is 5. The summed E-state index contributed by atoms with van der Waals surface area (Å²) in [5, 5.41) is 101. The molecular weight excluding hydrogens is 2190 g/mol. The van der Waals surface area contributed by atoms with E-state index in [1.807, 2.05) is 0 Å². The maximum atomic E-state index is 12.2. The molecule has 14 aromatic rings. The summed E-state index contributed by atoms with van der Waals surface area (Å²) in [5.41, 5.74) is -1.01. The third-order valence-corrected chi connectivity index (χ3v) is 25.9. The van der Waals surface area contributed by atoms with E-state index in [0.29, 0.717) is 17.2 Å². The molecule has 743 valence electrons. The van der Waals surface area contributed by atoms with Crippen LogP contribution in [0.4, 0.5) is 92.3 Å². The van der Waals surface area contributed by atoms with Gasteiger partial charge >= 0.3 is 7.60 Å². The minimum atomic E-state index is -4.80. The number of phenolic OH excluding ortho intramolecular Hbond substituents is 6. The average Bonchev–Trinajstić information content (AvgIpc) is 0.760. The molecule has 14 rings (SSSR count). The van der Waals surface area contributed by atoms with Gasteiger partial charge in [-0.1, -0.05) is 35.3 Å². The molecule has 63 heteroatoms. The Morgan fingerprint density at radius 2 is 0.576 bits per heavy atom. The van der Waals surface area contributed by atoms with Crippen molar-refractivity contribution < 1.29 is 187 Å². The first-order valence-corrected chi connectivity index (χ1v) is 49.6. The van der Waals surface area contributed by atoms with Gasteiger partial charge in [0.2, 0.25) is 29.7 Å². The van der Waals surface area contributed by atoms with Crippen molar-refractivity contribution >= 4 is 232 Å². The molecule has 3 heterocycles. The molecule has 50 nitrogen and oxygen atoms in total. The summed E-state index contributed by atoms with van der Waals surface area (Å²) >= 11 is 11.8. The average molecular weight is 2260 g/mol. The van der Waals surface area contributed by atoms with Crippen LogP contribution in [0.2, 0.25) is 10.0 Å². The van der Waals surface area contributed by atoms with Crippen molar-refractivity contribution in [3.63, 3.8) is 0 Å². The van der Waals surface area contributed by atoms with Crippen LogP contribution < -0.4 is 31.9 Å². The van der Waals surface area contributed by atoms with Crippen molar-refractivity contribution in [1.82, 2.24) is 44.9 Å². The maximum absolute atomic E-state index is 12.2. The number of hydrogen-bond donors (Lipinski definition) is 20. The fraction of sp³-hybridized carbons (Fsp3) is 0.0921. The number of rotatable bonds is 24. The predicted octanol–water partition coefficient (Wildman–Crippen LogP) is 14.3. The first-order valence-electron chi connectivity index (χ1n) is 37.2. The topological polar surface area (TPSA) is 810 Å². The van der Waals surface area contributed by atoms with Gasteiger partial charge in [0.05, 0.1) is 66.7 Å². The molecule has 0 unspecified atom stereocenters. The van der Waals surface area contributed by atoms with Crippen LogP contribution in [0.1, 0.15) is 40.0 Å². The number of phenols is 6. The molecule has 0 fully saturated rings. The first kappa shape index (κ1) is 110. The van der Waals surface area contributed by atoms with E-state index in [9.17, 15) is 136 Å². The number of aromatic nitrogens is 9. The Morgan fingerprint density at radius 3 is 0.906 bits per heavy atom. The van der Waals surface area contributed by atoms with E-state index in [1.54, 1.807) is 13.8 Å². The van der Waals surface area contributed by atoms with Gasteiger partial charge in [-0.25, -0.2) is 4.98 Å². The van der Waals surface area contributed by atoms with Gasteiger partial charge < -0.3 is 67.0 Å². The number of azo groups is 3. The zero-order valence-corrected chi connectivity index (χ0v) is 81.3. The molecule has 0 saturated heterocycles. The Bertz CT molecular complexity index is 8420. The summed E-state index contributed by atoms with van der Waals surface area (Å²) < 4.78 is 244. The maximum Gasteiger partial charge on any atom is 0.356 e. The second-order valence-corrected chi connectivity index (χ2v) is 40.9. The molecule has 0 atom stereocenters. The monoisotopic (exact) mass is 2250 g/mol. The van der Waals surface area contributed by atoms with E-state index in [-0.39, 0.29) is 193 Å². The number of anilines is 10. The normalized spacial score (nSPS) is 12.2. The van der Waals surface area contributed by atoms with E-state index < -0.39 is 169 Å². The molecule has 3 aromatic heterocycles. The SMILES string of the molecule is Cc1nc(C)nc(Nc2cc(S(=O)(=O)O)cc3cc(C)c(N=Nc4cc(S(=O)(=O)O)ccc4O)c(O)c23)n1.Cc1nc(Nc2cccc(P(=O)(O)O)c2)nc(Nc2cc(S(=O)(=O)O)cc3cc(C)c(N=Nc4cc(S(=O)(=O)O)cc(Cl)c4O)c(O)c23)n1.Cc1nc(Nc2cccc(S(=O)(=O)O)c2)nc(Nc2cc(S(=O)(=O)O)cc3cc(C)c(N=Nc4cc(S(=O)(=O)O)cc(Cl)c4O)c(O)c23)n1.[Cu].[Cu].[Cu]. The Hall–Kier alpha value is -12.5. The number of halogens is 2. The van der Waals surface area contributed by atoms with Crippen LogP contribution in [-0.2, 0) is 127 Å². The Morgan fingerprint density at radius 1 is 0.295 bits per heavy atom. The minimum Gasteiger partial charge on any atom is -0.506 e. The number of aryl methyl sites for hydroxylation is 7. The molecule has 0 bridgehead atoms. The predicted molar refractivity (Wildman–Crippen MR) is 486 cm³/mol. The zero-order chi connectivity index (χ0) is 100. The van der Waals surface area contributed by atoms with Crippen LogP contribution in [0.3, 0.4) is 0 Å². The fourth-order valence-electron chi connectivity index (χ4n) is 12.6. The van der Waals surface area contributed by atoms with Crippen LogP contribution in [0.25, 0.3) is 32.3 Å². The van der Waals surface area contributed by atoms with Crippen molar-refractivity contribution in [3.05, 3.63) is 196 Å². The molecule has 0 amide bonds. The van der Waals surface area contributed by atoms with Crippen LogP contribution in [0.5, 0.6) is 34.5 Å². The van der Waals surface area contributed by atoms with Crippen molar-refractivity contribution in [2.75, 3.05) is 26.6 Å². The van der Waals surface area contributed by atoms with Crippen LogP contribution in [0.15, 0.2) is 211 Å². The summed E-state index contributed by atoms with van der Waals surface area (Å²) in [6, 6.07) is 27.0. The van der Waals surface area contributed by atoms with E-state index in [1.165, 1.54) is 89.2 Å². The van der Waals surface area contributed by atoms with Crippen molar-refractivity contribution in [3.8, 4) is 34.5 Å². The molecule has 11 aromatic carbocycles. The van der Waals surface area contributed by atoms with Gasteiger partial charge in [0.1, 0.15) is 63.2 Å². The van der Waals surface area contributed by atoms with E-state index in [2.05, 4.69) is 102 Å². The smallest absolute Gasteiger partial charge is 0.356 e. The van der Waals surface area contributed by atoms with Gasteiger partial charge in [0.25, 0.3) is 70.8 Å². The summed E-state index contributed by atoms with van der Waals surface area (Å²) in [6.45, 7) is 10.7. The molecule has 139 heavy (non-hydrogen) atoms. The summed E-state index contributed by atoms with van der Waals surface area (Å²) in [5.74, 6) is -3.00. The Labute approximate surface area is 826 Å². The molecule has 0 saturated carbocycles. The standard InChI is InChI=1S/C27H23ClN7O11PS2.C27H22ClN7O11S3.C22H20N6O8S2.3Cu/c2*1-12-6-14-7-17(48(41,42)43)10-20(22(14)25(37)23(12)35-34-21-11-18(49(44,45)46)9-19(28)24(21)36)32-27-30-13(2)29-26(33-27)31-15-4-3-5-16(8-15)47(38,39)40;1-10-6-13-7-15(38(34,35)36)9-17(26-22-24-11(2)23-12(3)25-22)19(13)21(30)20(10)28-27-16-8-14(37(31,32)33)4-5-18(16)29;;;/h3-11,36-37H,1-2H3,(H2,38,39,40)(H,41,42,43)(H,44,45,46)(H2,29,30,31,32,33);3-11,36-37H,1-2H3,(H,38,39,40)(H,41,42,43)(H,44,45,46)(H2,29,30,31,32,33);4-9,29-30H,1-3H3,(H,31,32,33)(H,34,35,36)(H,23,24,25,26);;;. The quantitative estimate of drug-likeness (QED) is 0.0116. The number of benzene rings is 11. The first-order chi connectivity index (χ1) is 63.0. The van der Waals surface area contributed by atoms with E-state index >= 15 is 0 Å². The third-order valence-electron chi connectivity index (χ3n) is 18.5. The van der Waals surface area contributed by atoms with Gasteiger partial charge in [-0.05, 0) is 215 Å².